The van der Waals surface area contributed by atoms with Crippen LogP contribution in [0.1, 0.15) is 16.3 Å². The second-order valence-electron chi connectivity index (χ2n) is 3.56. The van der Waals surface area contributed by atoms with Crippen molar-refractivity contribution in [3.05, 3.63) is 34.1 Å². The average Bonchev–Trinajstić information content (AvgIpc) is 2.69. The summed E-state index contributed by atoms with van der Waals surface area (Å²) in [4.78, 5) is 29.2. The maximum atomic E-state index is 11.3. The molecule has 0 bridgehead atoms. The van der Waals surface area contributed by atoms with Crippen LogP contribution in [0.15, 0.2) is 17.1 Å². The van der Waals surface area contributed by atoms with Gasteiger partial charge in [-0.3, -0.25) is 4.79 Å². The number of hydrogen-bond acceptors (Lipinski definition) is 6. The van der Waals surface area contributed by atoms with Crippen LogP contribution in [0.5, 0.6) is 0 Å². The molecular formula is C10H11N5O3. The molecule has 0 saturated carbocycles. The molecule has 0 aliphatic carbocycles. The molecule has 0 aromatic carbocycles. The molecule has 2 heterocycles. The smallest absolute Gasteiger partial charge is 0.360 e. The largest absolute Gasteiger partial charge is 0.464 e. The van der Waals surface area contributed by atoms with E-state index in [1.165, 1.54) is 24.1 Å². The number of nitrogens with one attached hydrogen (secondary N) is 1. The molecule has 94 valence electrons. The van der Waals surface area contributed by atoms with E-state index in [2.05, 4.69) is 19.8 Å². The molecule has 0 atom stereocenters. The monoisotopic (exact) mass is 249 g/mol. The first-order valence-electron chi connectivity index (χ1n) is 5.03. The molecule has 18 heavy (non-hydrogen) atoms. The van der Waals surface area contributed by atoms with Gasteiger partial charge in [-0.1, -0.05) is 0 Å². The molecule has 0 amide bonds. The summed E-state index contributed by atoms with van der Waals surface area (Å²) >= 11 is 0. The third kappa shape index (κ3) is 2.08. The fourth-order valence-electron chi connectivity index (χ4n) is 1.44. The van der Waals surface area contributed by atoms with Crippen molar-refractivity contribution < 1.29 is 9.53 Å². The van der Waals surface area contributed by atoms with Crippen LogP contribution in [-0.2, 0) is 4.74 Å². The van der Waals surface area contributed by atoms with Gasteiger partial charge in [-0.25, -0.2) is 14.5 Å². The zero-order valence-electron chi connectivity index (χ0n) is 9.80. The van der Waals surface area contributed by atoms with Gasteiger partial charge in [0.15, 0.2) is 11.5 Å². The minimum Gasteiger partial charge on any atom is -0.464 e. The summed E-state index contributed by atoms with van der Waals surface area (Å²) in [5, 5.41) is 3.93. The molecule has 0 aliphatic heterocycles. The molecule has 3 N–H and O–H groups in total. The molecule has 0 aliphatic rings. The predicted octanol–water partition coefficient (Wildman–Crippen LogP) is -0.367. The van der Waals surface area contributed by atoms with Crippen molar-refractivity contribution in [2.45, 2.75) is 6.92 Å². The van der Waals surface area contributed by atoms with Crippen LogP contribution in [0.2, 0.25) is 0 Å². The highest BCUT2D eigenvalue weighted by molar-refractivity contribution is 5.92. The third-order valence-electron chi connectivity index (χ3n) is 2.20. The summed E-state index contributed by atoms with van der Waals surface area (Å²) in [6, 6.07) is 1.25. The number of carbonyl (C=O) groups excluding carboxylic acids is 1. The highest BCUT2D eigenvalue weighted by atomic mass is 16.5. The Morgan fingerprint density at radius 3 is 2.89 bits per heavy atom. The summed E-state index contributed by atoms with van der Waals surface area (Å²) in [5.41, 5.74) is 5.46. The van der Waals surface area contributed by atoms with Gasteiger partial charge in [0.25, 0.3) is 5.56 Å². The van der Waals surface area contributed by atoms with E-state index in [-0.39, 0.29) is 22.8 Å². The van der Waals surface area contributed by atoms with Crippen molar-refractivity contribution in [3.8, 4) is 5.82 Å². The zero-order valence-corrected chi connectivity index (χ0v) is 9.80. The number of hydrogen-bond donors (Lipinski definition) is 2. The lowest BCUT2D eigenvalue weighted by molar-refractivity contribution is 0.0594. The zero-order chi connectivity index (χ0) is 13.3. The second kappa shape index (κ2) is 4.32. The van der Waals surface area contributed by atoms with Crippen molar-refractivity contribution >= 4 is 11.7 Å². The molecule has 8 heteroatoms. The van der Waals surface area contributed by atoms with Gasteiger partial charge >= 0.3 is 5.97 Å². The quantitative estimate of drug-likeness (QED) is 0.701. The maximum Gasteiger partial charge on any atom is 0.360 e. The Hall–Kier alpha value is -2.64. The lowest BCUT2D eigenvalue weighted by Crippen LogP contribution is -2.12. The number of aromatic amines is 1. The van der Waals surface area contributed by atoms with Crippen LogP contribution < -0.4 is 11.3 Å². The molecule has 0 unspecified atom stereocenters. The van der Waals surface area contributed by atoms with Crippen molar-refractivity contribution in [3.63, 3.8) is 0 Å². The van der Waals surface area contributed by atoms with E-state index in [9.17, 15) is 9.59 Å². The van der Waals surface area contributed by atoms with Gasteiger partial charge < -0.3 is 15.5 Å². The van der Waals surface area contributed by atoms with Crippen LogP contribution in [0.25, 0.3) is 5.82 Å². The Morgan fingerprint density at radius 1 is 1.56 bits per heavy atom. The molecule has 2 aromatic heterocycles. The van der Waals surface area contributed by atoms with E-state index in [4.69, 9.17) is 5.73 Å². The second-order valence-corrected chi connectivity index (χ2v) is 3.56. The van der Waals surface area contributed by atoms with E-state index in [1.54, 1.807) is 6.92 Å². The number of aromatic nitrogens is 4. The fraction of sp³-hybridized carbons (Fsp3) is 0.200. The van der Waals surface area contributed by atoms with Gasteiger partial charge in [0.1, 0.15) is 5.82 Å². The number of nitrogens with two attached hydrogens (primary N) is 1. The van der Waals surface area contributed by atoms with Crippen LogP contribution in [-0.4, -0.2) is 32.8 Å². The number of ether oxygens (including phenoxy) is 1. The maximum absolute atomic E-state index is 11.3. The number of nitrogen functional groups attached to an aromatic ring is 1. The number of aryl methyl sites for hydroxylation is 1. The minimum absolute atomic E-state index is 0.0164. The Bertz CT molecular complexity index is 658. The Balaban J connectivity index is 2.52. The van der Waals surface area contributed by atoms with E-state index in [0.717, 1.165) is 0 Å². The summed E-state index contributed by atoms with van der Waals surface area (Å²) in [6.07, 6.45) is 1.40. The third-order valence-corrected chi connectivity index (χ3v) is 2.20. The van der Waals surface area contributed by atoms with E-state index in [0.29, 0.717) is 5.82 Å². The van der Waals surface area contributed by atoms with Crippen LogP contribution in [0.3, 0.4) is 0 Å². The van der Waals surface area contributed by atoms with Crippen molar-refractivity contribution in [2.75, 3.05) is 12.8 Å². The van der Waals surface area contributed by atoms with Crippen molar-refractivity contribution in [1.82, 2.24) is 19.7 Å². The van der Waals surface area contributed by atoms with E-state index in [1.807, 2.05) is 0 Å². The molecule has 0 saturated heterocycles. The lowest BCUT2D eigenvalue weighted by atomic mass is 10.4. The van der Waals surface area contributed by atoms with Crippen molar-refractivity contribution in [2.24, 2.45) is 0 Å². The normalized spacial score (nSPS) is 10.3. The van der Waals surface area contributed by atoms with Gasteiger partial charge in [-0.05, 0) is 6.92 Å². The topological polar surface area (TPSA) is 116 Å². The number of nitrogens with zero attached hydrogens (tertiary/aromatic N) is 3. The lowest BCUT2D eigenvalue weighted by Gasteiger charge is -2.00. The van der Waals surface area contributed by atoms with Crippen LogP contribution in [0.4, 0.5) is 5.69 Å². The Morgan fingerprint density at radius 2 is 2.28 bits per heavy atom. The Kier molecular flexibility index (Phi) is 2.84. The first-order valence-corrected chi connectivity index (χ1v) is 5.03. The number of anilines is 1. The number of esters is 1. The molecular weight excluding hydrogens is 238 g/mol. The highest BCUT2D eigenvalue weighted by Gasteiger charge is 2.16. The van der Waals surface area contributed by atoms with Crippen LogP contribution in [0, 0.1) is 6.92 Å². The summed E-state index contributed by atoms with van der Waals surface area (Å²) in [6.45, 7) is 1.64. The number of H-pyrrole nitrogens is 1. The van der Waals surface area contributed by atoms with E-state index >= 15 is 0 Å². The Labute approximate surface area is 101 Å². The highest BCUT2D eigenvalue weighted by Crippen LogP contribution is 2.12. The molecule has 0 spiro atoms. The molecule has 2 rings (SSSR count). The van der Waals surface area contributed by atoms with Gasteiger partial charge in [0, 0.05) is 6.07 Å². The summed E-state index contributed by atoms with van der Waals surface area (Å²) < 4.78 is 5.78. The summed E-state index contributed by atoms with van der Waals surface area (Å²) in [7, 11) is 1.23. The van der Waals surface area contributed by atoms with Gasteiger partial charge in [-0.2, -0.15) is 5.10 Å². The molecule has 8 nitrogen and oxygen atoms in total. The first kappa shape index (κ1) is 11.8. The number of methoxy groups -OCH3 is 1. The van der Waals surface area contributed by atoms with Crippen molar-refractivity contribution in [1.29, 1.82) is 0 Å². The van der Waals surface area contributed by atoms with Crippen LogP contribution >= 0.6 is 0 Å². The number of carbonyl (C=O) groups is 1. The minimum atomic E-state index is -0.646. The first-order chi connectivity index (χ1) is 8.51. The molecule has 0 fully saturated rings. The summed E-state index contributed by atoms with van der Waals surface area (Å²) in [5.74, 6) is 0.0668. The average molecular weight is 249 g/mol. The number of rotatable bonds is 2. The van der Waals surface area contributed by atoms with E-state index < -0.39 is 5.97 Å². The SMILES string of the molecule is COC(=O)c1nn(-c2cc(=O)[nH]c(C)n2)cc1N. The fourth-order valence-corrected chi connectivity index (χ4v) is 1.44. The van der Waals surface area contributed by atoms with Gasteiger partial charge in [-0.15, -0.1) is 0 Å². The molecule has 2 aromatic rings. The predicted molar refractivity (Wildman–Crippen MR) is 62.5 cm³/mol. The standard InChI is InChI=1S/C10H11N5O3/c1-5-12-7(3-8(16)13-5)15-4-6(11)9(14-15)10(17)18-2/h3-4H,11H2,1-2H3,(H,12,13,16). The van der Waals surface area contributed by atoms with Gasteiger partial charge in [0.2, 0.25) is 0 Å². The molecule has 0 radical (unpaired) electrons. The van der Waals surface area contributed by atoms with Gasteiger partial charge in [0.05, 0.1) is 19.0 Å².